The van der Waals surface area contributed by atoms with Crippen molar-refractivity contribution in [2.24, 2.45) is 0 Å². The van der Waals surface area contributed by atoms with Gasteiger partial charge in [-0.25, -0.2) is 9.07 Å². The highest BCUT2D eigenvalue weighted by atomic mass is 35.5. The minimum Gasteiger partial charge on any atom is -0.333 e. The Morgan fingerprint density at radius 3 is 2.62 bits per heavy atom. The normalized spacial score (nSPS) is 11.7. The summed E-state index contributed by atoms with van der Waals surface area (Å²) >= 11 is 6.29. The summed E-state index contributed by atoms with van der Waals surface area (Å²) in [5.74, 6) is 0.191. The van der Waals surface area contributed by atoms with E-state index in [1.807, 2.05) is 36.5 Å². The minimum atomic E-state index is -0.328. The average Bonchev–Trinajstić information content (AvgIpc) is 3.33. The third-order valence-electron chi connectivity index (χ3n) is 3.65. The van der Waals surface area contributed by atoms with Crippen molar-refractivity contribution < 1.29 is 8.91 Å². The summed E-state index contributed by atoms with van der Waals surface area (Å²) in [5.41, 5.74) is 2.38. The van der Waals surface area contributed by atoms with Crippen molar-refractivity contribution in [3.63, 3.8) is 0 Å². The number of nitrogens with zero attached hydrogens (tertiary/aromatic N) is 4. The molecule has 7 heteroatoms. The molecule has 0 N–H and O–H groups in total. The van der Waals surface area contributed by atoms with Crippen LogP contribution in [0.15, 0.2) is 71.5 Å². The van der Waals surface area contributed by atoms with E-state index in [2.05, 4.69) is 15.2 Å². The van der Waals surface area contributed by atoms with E-state index in [0.717, 1.165) is 11.3 Å². The van der Waals surface area contributed by atoms with Gasteiger partial charge in [0.25, 0.3) is 5.89 Å². The lowest BCUT2D eigenvalue weighted by molar-refractivity contribution is 0.410. The Labute approximate surface area is 153 Å². The third-order valence-corrected chi connectivity index (χ3v) is 3.92. The molecule has 0 saturated carbocycles. The maximum atomic E-state index is 13.0. The van der Waals surface area contributed by atoms with Crippen LogP contribution in [0.4, 0.5) is 4.39 Å². The van der Waals surface area contributed by atoms with Gasteiger partial charge >= 0.3 is 0 Å². The summed E-state index contributed by atoms with van der Waals surface area (Å²) in [6.07, 6.45) is 5.22. The SMILES string of the molecule is Fc1ccc(-c2noc(/C(Cl)=C/c3cnn(-c4ccccc4)c3)n2)cc1. The molecular weight excluding hydrogens is 355 g/mol. The molecule has 0 unspecified atom stereocenters. The Balaban J connectivity index is 1.57. The van der Waals surface area contributed by atoms with Gasteiger partial charge in [-0.3, -0.25) is 0 Å². The van der Waals surface area contributed by atoms with E-state index < -0.39 is 0 Å². The van der Waals surface area contributed by atoms with Crippen LogP contribution in [0.3, 0.4) is 0 Å². The van der Waals surface area contributed by atoms with Gasteiger partial charge in [-0.15, -0.1) is 0 Å². The van der Waals surface area contributed by atoms with Crippen molar-refractivity contribution in [2.45, 2.75) is 0 Å². The van der Waals surface area contributed by atoms with Crippen LogP contribution >= 0.6 is 11.6 Å². The molecule has 0 radical (unpaired) electrons. The summed E-state index contributed by atoms with van der Waals surface area (Å²) in [6.45, 7) is 0. The fraction of sp³-hybridized carbons (Fsp3) is 0. The molecule has 0 bridgehead atoms. The summed E-state index contributed by atoms with van der Waals surface area (Å²) < 4.78 is 19.9. The zero-order valence-electron chi connectivity index (χ0n) is 13.4. The molecule has 5 nitrogen and oxygen atoms in total. The number of halogens is 2. The van der Waals surface area contributed by atoms with Crippen molar-refractivity contribution in [3.05, 3.63) is 84.3 Å². The Kier molecular flexibility index (Phi) is 4.33. The Morgan fingerprint density at radius 1 is 1.08 bits per heavy atom. The summed E-state index contributed by atoms with van der Waals surface area (Å²) in [5, 5.41) is 8.47. The second-order valence-electron chi connectivity index (χ2n) is 5.48. The first-order chi connectivity index (χ1) is 12.7. The standard InChI is InChI=1S/C19H12ClFN4O/c20-17(10-13-11-22-25(12-13)16-4-2-1-3-5-16)19-23-18(24-26-19)14-6-8-15(21)9-7-14/h1-12H/b17-10-. The summed E-state index contributed by atoms with van der Waals surface area (Å²) in [4.78, 5) is 4.24. The molecule has 2 heterocycles. The van der Waals surface area contributed by atoms with Gasteiger partial charge in [-0.05, 0) is 42.5 Å². The quantitative estimate of drug-likeness (QED) is 0.520. The molecule has 4 rings (SSSR count). The van der Waals surface area contributed by atoms with Crippen molar-refractivity contribution in [3.8, 4) is 17.1 Å². The number of para-hydroxylation sites is 1. The van der Waals surface area contributed by atoms with E-state index in [4.69, 9.17) is 16.1 Å². The van der Waals surface area contributed by atoms with Crippen LogP contribution in [0.2, 0.25) is 0 Å². The predicted molar refractivity (Wildman–Crippen MR) is 97.0 cm³/mol. The van der Waals surface area contributed by atoms with E-state index in [1.165, 1.54) is 12.1 Å². The van der Waals surface area contributed by atoms with Gasteiger partial charge in [0.2, 0.25) is 5.82 Å². The van der Waals surface area contributed by atoms with Crippen LogP contribution in [0.25, 0.3) is 28.2 Å². The second-order valence-corrected chi connectivity index (χ2v) is 5.88. The van der Waals surface area contributed by atoms with Gasteiger partial charge in [0.15, 0.2) is 0 Å². The van der Waals surface area contributed by atoms with E-state index in [-0.39, 0.29) is 11.7 Å². The van der Waals surface area contributed by atoms with Crippen LogP contribution < -0.4 is 0 Å². The first kappa shape index (κ1) is 16.2. The molecule has 26 heavy (non-hydrogen) atoms. The number of hydrogen-bond donors (Lipinski definition) is 0. The zero-order chi connectivity index (χ0) is 17.9. The fourth-order valence-corrected chi connectivity index (χ4v) is 2.58. The van der Waals surface area contributed by atoms with Gasteiger partial charge in [0, 0.05) is 17.3 Å². The van der Waals surface area contributed by atoms with Crippen LogP contribution in [-0.2, 0) is 0 Å². The molecule has 128 valence electrons. The van der Waals surface area contributed by atoms with E-state index in [0.29, 0.717) is 16.4 Å². The second kappa shape index (κ2) is 6.93. The maximum absolute atomic E-state index is 13.0. The van der Waals surface area contributed by atoms with E-state index in [9.17, 15) is 4.39 Å². The maximum Gasteiger partial charge on any atom is 0.269 e. The van der Waals surface area contributed by atoms with Crippen molar-refractivity contribution >= 4 is 22.7 Å². The highest BCUT2D eigenvalue weighted by molar-refractivity contribution is 6.50. The van der Waals surface area contributed by atoms with Gasteiger partial charge < -0.3 is 4.52 Å². The molecule has 0 saturated heterocycles. The highest BCUT2D eigenvalue weighted by Crippen LogP contribution is 2.24. The third kappa shape index (κ3) is 3.41. The predicted octanol–water partition coefficient (Wildman–Crippen LogP) is 4.80. The average molecular weight is 367 g/mol. The minimum absolute atomic E-state index is 0.179. The van der Waals surface area contributed by atoms with Gasteiger partial charge in [-0.1, -0.05) is 35.0 Å². The Morgan fingerprint density at radius 2 is 1.85 bits per heavy atom. The summed E-state index contributed by atoms with van der Waals surface area (Å²) in [6, 6.07) is 15.5. The monoisotopic (exact) mass is 366 g/mol. The van der Waals surface area contributed by atoms with E-state index in [1.54, 1.807) is 29.1 Å². The summed E-state index contributed by atoms with van der Waals surface area (Å²) in [7, 11) is 0. The molecule has 4 aromatic rings. The molecule has 0 spiro atoms. The van der Waals surface area contributed by atoms with Crippen molar-refractivity contribution in [2.75, 3.05) is 0 Å². The van der Waals surface area contributed by atoms with Crippen LogP contribution in [0.1, 0.15) is 11.5 Å². The molecule has 0 amide bonds. The first-order valence-corrected chi connectivity index (χ1v) is 8.14. The highest BCUT2D eigenvalue weighted by Gasteiger charge is 2.12. The number of benzene rings is 2. The topological polar surface area (TPSA) is 56.7 Å². The molecule has 0 aliphatic rings. The lowest BCUT2D eigenvalue weighted by atomic mass is 10.2. The molecule has 0 aliphatic carbocycles. The molecule has 0 atom stereocenters. The lowest BCUT2D eigenvalue weighted by Crippen LogP contribution is -1.92. The Hall–Kier alpha value is -3.25. The van der Waals surface area contributed by atoms with Crippen molar-refractivity contribution in [1.82, 2.24) is 19.9 Å². The molecule has 0 aliphatic heterocycles. The van der Waals surface area contributed by atoms with Crippen molar-refractivity contribution in [1.29, 1.82) is 0 Å². The first-order valence-electron chi connectivity index (χ1n) is 7.76. The van der Waals surface area contributed by atoms with E-state index >= 15 is 0 Å². The van der Waals surface area contributed by atoms with Crippen LogP contribution in [0, 0.1) is 5.82 Å². The zero-order valence-corrected chi connectivity index (χ0v) is 14.1. The lowest BCUT2D eigenvalue weighted by Gasteiger charge is -1.98. The van der Waals surface area contributed by atoms with Gasteiger partial charge in [0.1, 0.15) is 10.8 Å². The largest absolute Gasteiger partial charge is 0.333 e. The van der Waals surface area contributed by atoms with Crippen LogP contribution in [0.5, 0.6) is 0 Å². The van der Waals surface area contributed by atoms with Crippen LogP contribution in [-0.4, -0.2) is 19.9 Å². The molecule has 2 aromatic heterocycles. The number of aromatic nitrogens is 4. The smallest absolute Gasteiger partial charge is 0.269 e. The molecule has 0 fully saturated rings. The fourth-order valence-electron chi connectivity index (χ4n) is 2.38. The number of hydrogen-bond acceptors (Lipinski definition) is 4. The Bertz CT molecular complexity index is 1050. The van der Waals surface area contributed by atoms with Gasteiger partial charge in [-0.2, -0.15) is 10.1 Å². The molecule has 2 aromatic carbocycles. The number of rotatable bonds is 4. The molecular formula is C19H12ClFN4O. The van der Waals surface area contributed by atoms with Gasteiger partial charge in [0.05, 0.1) is 11.9 Å².